The molecule has 3 fully saturated rings. The zero-order valence-corrected chi connectivity index (χ0v) is 18.2. The largest absolute Gasteiger partial charge is 0.423 e. The van der Waals surface area contributed by atoms with Gasteiger partial charge in [-0.25, -0.2) is 17.7 Å². The van der Waals surface area contributed by atoms with Crippen molar-refractivity contribution in [2.24, 2.45) is 5.92 Å². The predicted octanol–water partition coefficient (Wildman–Crippen LogP) is 1.52. The van der Waals surface area contributed by atoms with Gasteiger partial charge in [-0.15, -0.1) is 0 Å². The van der Waals surface area contributed by atoms with Gasteiger partial charge in [-0.1, -0.05) is 6.92 Å². The SMILES string of the molecule is CCCS(=O)(=O)N1CCCC(C(=O)N2CCN(c3oc(C4CC4)nc3C#N)CC2)C1. The van der Waals surface area contributed by atoms with Gasteiger partial charge in [-0.05, 0) is 32.1 Å². The Morgan fingerprint density at radius 2 is 1.93 bits per heavy atom. The van der Waals surface area contributed by atoms with E-state index < -0.39 is 10.0 Å². The van der Waals surface area contributed by atoms with Crippen LogP contribution in [0.2, 0.25) is 0 Å². The van der Waals surface area contributed by atoms with Crippen LogP contribution in [0.4, 0.5) is 5.88 Å². The molecular weight excluding hydrogens is 406 g/mol. The van der Waals surface area contributed by atoms with Crippen molar-refractivity contribution in [2.75, 3.05) is 49.9 Å². The van der Waals surface area contributed by atoms with Gasteiger partial charge in [0.1, 0.15) is 6.07 Å². The van der Waals surface area contributed by atoms with E-state index in [1.165, 1.54) is 4.31 Å². The Balaban J connectivity index is 1.36. The minimum atomic E-state index is -3.28. The Labute approximate surface area is 177 Å². The van der Waals surface area contributed by atoms with Crippen LogP contribution in [0, 0.1) is 17.2 Å². The lowest BCUT2D eigenvalue weighted by Gasteiger charge is -2.38. The van der Waals surface area contributed by atoms with Crippen LogP contribution in [-0.2, 0) is 14.8 Å². The Hall–Kier alpha value is -2.12. The van der Waals surface area contributed by atoms with Gasteiger partial charge in [0.2, 0.25) is 33.4 Å². The van der Waals surface area contributed by atoms with Crippen molar-refractivity contribution in [3.05, 3.63) is 11.6 Å². The third-order valence-electron chi connectivity index (χ3n) is 6.13. The summed E-state index contributed by atoms with van der Waals surface area (Å²) in [4.78, 5) is 21.2. The molecule has 1 unspecified atom stereocenters. The van der Waals surface area contributed by atoms with E-state index in [-0.39, 0.29) is 24.1 Å². The van der Waals surface area contributed by atoms with E-state index >= 15 is 0 Å². The first-order chi connectivity index (χ1) is 14.4. The van der Waals surface area contributed by atoms with Crippen LogP contribution >= 0.6 is 0 Å². The van der Waals surface area contributed by atoms with Gasteiger partial charge in [-0.2, -0.15) is 5.26 Å². The highest BCUT2D eigenvalue weighted by Crippen LogP contribution is 2.41. The normalized spacial score (nSPS) is 23.4. The second kappa shape index (κ2) is 8.55. The lowest BCUT2D eigenvalue weighted by atomic mass is 9.98. The molecule has 30 heavy (non-hydrogen) atoms. The smallest absolute Gasteiger partial charge is 0.234 e. The molecule has 1 atom stereocenters. The number of piperidine rings is 1. The lowest BCUT2D eigenvalue weighted by molar-refractivity contribution is -0.137. The number of nitrogens with zero attached hydrogens (tertiary/aromatic N) is 5. The van der Waals surface area contributed by atoms with Gasteiger partial charge >= 0.3 is 0 Å². The van der Waals surface area contributed by atoms with Crippen molar-refractivity contribution in [3.8, 4) is 6.07 Å². The van der Waals surface area contributed by atoms with E-state index in [1.807, 2.05) is 16.7 Å². The molecule has 10 heteroatoms. The average molecular weight is 436 g/mol. The molecular formula is C20H29N5O4S. The maximum absolute atomic E-state index is 13.0. The lowest BCUT2D eigenvalue weighted by Crippen LogP contribution is -2.53. The third kappa shape index (κ3) is 4.32. The van der Waals surface area contributed by atoms with Gasteiger partial charge in [-0.3, -0.25) is 4.79 Å². The van der Waals surface area contributed by atoms with Crippen LogP contribution in [0.25, 0.3) is 0 Å². The second-order valence-electron chi connectivity index (χ2n) is 8.42. The zero-order valence-electron chi connectivity index (χ0n) is 17.4. The number of anilines is 1. The van der Waals surface area contributed by atoms with E-state index in [0.29, 0.717) is 69.0 Å². The number of piperazine rings is 1. The molecule has 0 N–H and O–H groups in total. The van der Waals surface area contributed by atoms with Gasteiger partial charge in [0, 0.05) is 45.2 Å². The first kappa shape index (κ1) is 21.1. The number of sulfonamides is 1. The monoisotopic (exact) mass is 435 g/mol. The highest BCUT2D eigenvalue weighted by atomic mass is 32.2. The Morgan fingerprint density at radius 3 is 2.57 bits per heavy atom. The van der Waals surface area contributed by atoms with Crippen molar-refractivity contribution in [1.82, 2.24) is 14.2 Å². The number of nitriles is 1. The summed E-state index contributed by atoms with van der Waals surface area (Å²) in [5.41, 5.74) is 0.320. The number of carbonyl (C=O) groups is 1. The number of amides is 1. The van der Waals surface area contributed by atoms with Crippen LogP contribution in [0.3, 0.4) is 0 Å². The molecule has 4 rings (SSSR count). The summed E-state index contributed by atoms with van der Waals surface area (Å²) >= 11 is 0. The zero-order chi connectivity index (χ0) is 21.3. The van der Waals surface area contributed by atoms with Gasteiger partial charge in [0.25, 0.3) is 0 Å². The quantitative estimate of drug-likeness (QED) is 0.666. The fourth-order valence-corrected chi connectivity index (χ4v) is 5.88. The van der Waals surface area contributed by atoms with Crippen LogP contribution in [0.5, 0.6) is 0 Å². The number of rotatable bonds is 6. The van der Waals surface area contributed by atoms with Crippen LogP contribution < -0.4 is 4.90 Å². The van der Waals surface area contributed by atoms with E-state index in [4.69, 9.17) is 4.42 Å². The highest BCUT2D eigenvalue weighted by molar-refractivity contribution is 7.89. The van der Waals surface area contributed by atoms with Crippen LogP contribution in [0.1, 0.15) is 56.5 Å². The molecule has 1 amide bonds. The molecule has 9 nitrogen and oxygen atoms in total. The molecule has 0 bridgehead atoms. The van der Waals surface area contributed by atoms with E-state index in [2.05, 4.69) is 11.1 Å². The Kier molecular flexibility index (Phi) is 6.02. The summed E-state index contributed by atoms with van der Waals surface area (Å²) < 4.78 is 32.2. The summed E-state index contributed by atoms with van der Waals surface area (Å²) in [5, 5.41) is 9.39. The van der Waals surface area contributed by atoms with Gasteiger partial charge < -0.3 is 14.2 Å². The molecule has 164 valence electrons. The van der Waals surface area contributed by atoms with Crippen LogP contribution in [-0.4, -0.2) is 73.5 Å². The molecule has 3 aliphatic rings. The minimum Gasteiger partial charge on any atom is -0.423 e. The molecule has 3 heterocycles. The van der Waals surface area contributed by atoms with Crippen molar-refractivity contribution < 1.29 is 17.6 Å². The first-order valence-corrected chi connectivity index (χ1v) is 12.5. The molecule has 1 saturated carbocycles. The number of hydrogen-bond donors (Lipinski definition) is 0. The molecule has 0 aromatic carbocycles. The van der Waals surface area contributed by atoms with E-state index in [1.54, 1.807) is 0 Å². The highest BCUT2D eigenvalue weighted by Gasteiger charge is 2.36. The Morgan fingerprint density at radius 1 is 1.20 bits per heavy atom. The molecule has 1 aromatic heterocycles. The van der Waals surface area contributed by atoms with Crippen molar-refractivity contribution >= 4 is 21.8 Å². The fourth-order valence-electron chi connectivity index (χ4n) is 4.29. The molecule has 2 aliphatic heterocycles. The second-order valence-corrected chi connectivity index (χ2v) is 10.5. The van der Waals surface area contributed by atoms with Crippen LogP contribution in [0.15, 0.2) is 4.42 Å². The summed E-state index contributed by atoms with van der Waals surface area (Å²) in [5.74, 6) is 1.39. The molecule has 0 radical (unpaired) electrons. The maximum Gasteiger partial charge on any atom is 0.234 e. The predicted molar refractivity (Wildman–Crippen MR) is 110 cm³/mol. The fraction of sp³-hybridized carbons (Fsp3) is 0.750. The summed E-state index contributed by atoms with van der Waals surface area (Å²) in [6.07, 6.45) is 4.13. The van der Waals surface area contributed by atoms with Crippen molar-refractivity contribution in [3.63, 3.8) is 0 Å². The Bertz CT molecular complexity index is 925. The molecule has 1 aromatic rings. The number of carbonyl (C=O) groups excluding carboxylic acids is 1. The summed E-state index contributed by atoms with van der Waals surface area (Å²) in [6.45, 7) is 4.85. The summed E-state index contributed by atoms with van der Waals surface area (Å²) in [7, 11) is -3.28. The molecule has 1 aliphatic carbocycles. The number of oxazole rings is 1. The number of hydrogen-bond acceptors (Lipinski definition) is 7. The summed E-state index contributed by atoms with van der Waals surface area (Å²) in [6, 6.07) is 2.12. The van der Waals surface area contributed by atoms with Gasteiger partial charge in [0.15, 0.2) is 0 Å². The standard InChI is InChI=1S/C20H29N5O4S/c1-2-12-30(27,28)25-7-3-4-16(14-25)19(26)23-8-10-24(11-9-23)20-17(13-21)22-18(29-20)15-5-6-15/h15-16H,2-12,14H2,1H3. The topological polar surface area (TPSA) is 111 Å². The molecule has 0 spiro atoms. The molecule has 2 saturated heterocycles. The van der Waals surface area contributed by atoms with Gasteiger partial charge in [0.05, 0.1) is 11.7 Å². The first-order valence-electron chi connectivity index (χ1n) is 10.8. The third-order valence-corrected chi connectivity index (χ3v) is 8.17. The number of aromatic nitrogens is 1. The van der Waals surface area contributed by atoms with E-state index in [0.717, 1.165) is 19.3 Å². The minimum absolute atomic E-state index is 0.0304. The van der Waals surface area contributed by atoms with Crippen molar-refractivity contribution in [1.29, 1.82) is 5.26 Å². The van der Waals surface area contributed by atoms with E-state index in [9.17, 15) is 18.5 Å². The maximum atomic E-state index is 13.0. The average Bonchev–Trinajstić information content (AvgIpc) is 3.52. The van der Waals surface area contributed by atoms with Crippen molar-refractivity contribution in [2.45, 2.75) is 44.9 Å².